The third-order valence-electron chi connectivity index (χ3n) is 2.20. The number of nitrogen functional groups attached to an aromatic ring is 1. The minimum Gasteiger partial charge on any atom is -0.381 e. The molecule has 3 N–H and O–H groups in total. The van der Waals surface area contributed by atoms with Crippen LogP contribution in [0, 0.1) is 0 Å². The topological polar surface area (TPSA) is 63.8 Å². The summed E-state index contributed by atoms with van der Waals surface area (Å²) in [7, 11) is 0. The third-order valence-corrected chi connectivity index (χ3v) is 2.20. The van der Waals surface area contributed by atoms with Crippen molar-refractivity contribution in [2.45, 2.75) is 6.18 Å². The molecule has 0 amide bonds. The second kappa shape index (κ2) is 4.52. The van der Waals surface area contributed by atoms with Crippen LogP contribution in [0.3, 0.4) is 0 Å². The Hall–Kier alpha value is -2.31. The van der Waals surface area contributed by atoms with Crippen molar-refractivity contribution < 1.29 is 13.2 Å². The number of aromatic nitrogens is 2. The molecule has 0 aliphatic rings. The number of alkyl halides is 3. The molecule has 4 nitrogen and oxygen atoms in total. The van der Waals surface area contributed by atoms with Crippen molar-refractivity contribution >= 4 is 17.3 Å². The molecule has 0 saturated carbocycles. The van der Waals surface area contributed by atoms with Crippen LogP contribution in [0.1, 0.15) is 5.56 Å². The fourth-order valence-electron chi connectivity index (χ4n) is 1.32. The van der Waals surface area contributed by atoms with Crippen LogP contribution in [0.15, 0.2) is 36.7 Å². The predicted octanol–water partition coefficient (Wildman–Crippen LogP) is 2.82. The Morgan fingerprint density at radius 1 is 1.00 bits per heavy atom. The number of halogens is 3. The zero-order chi connectivity index (χ0) is 13.2. The first-order chi connectivity index (χ1) is 8.47. The van der Waals surface area contributed by atoms with E-state index in [1.807, 2.05) is 0 Å². The van der Waals surface area contributed by atoms with Gasteiger partial charge in [-0.05, 0) is 24.3 Å². The van der Waals surface area contributed by atoms with Crippen LogP contribution in [0.2, 0.25) is 0 Å². The predicted molar refractivity (Wildman–Crippen MR) is 61.2 cm³/mol. The molecule has 0 unspecified atom stereocenters. The van der Waals surface area contributed by atoms with Crippen molar-refractivity contribution in [2.75, 3.05) is 11.1 Å². The van der Waals surface area contributed by atoms with Gasteiger partial charge in [0.05, 0.1) is 5.56 Å². The van der Waals surface area contributed by atoms with Gasteiger partial charge in [-0.3, -0.25) is 0 Å². The lowest BCUT2D eigenvalue weighted by atomic mass is 10.2. The van der Waals surface area contributed by atoms with E-state index in [9.17, 15) is 13.2 Å². The number of benzene rings is 1. The Morgan fingerprint density at radius 2 is 1.61 bits per heavy atom. The summed E-state index contributed by atoms with van der Waals surface area (Å²) < 4.78 is 37.0. The lowest BCUT2D eigenvalue weighted by molar-refractivity contribution is -0.137. The summed E-state index contributed by atoms with van der Waals surface area (Å²) in [5, 5.41) is 2.78. The summed E-state index contributed by atoms with van der Waals surface area (Å²) in [5.74, 6) is 0.481. The van der Waals surface area contributed by atoms with Crippen LogP contribution in [0.25, 0.3) is 0 Å². The molecule has 7 heteroatoms. The van der Waals surface area contributed by atoms with Crippen LogP contribution >= 0.6 is 0 Å². The highest BCUT2D eigenvalue weighted by atomic mass is 19.4. The second-order valence-corrected chi connectivity index (χ2v) is 3.49. The highest BCUT2D eigenvalue weighted by molar-refractivity contribution is 5.65. The molecule has 0 saturated heterocycles. The first-order valence-corrected chi connectivity index (χ1v) is 4.97. The first kappa shape index (κ1) is 12.2. The zero-order valence-electron chi connectivity index (χ0n) is 9.07. The molecule has 18 heavy (non-hydrogen) atoms. The number of nitrogens with two attached hydrogens (primary N) is 1. The van der Waals surface area contributed by atoms with Gasteiger partial charge in [0.2, 0.25) is 0 Å². The zero-order valence-corrected chi connectivity index (χ0v) is 9.07. The first-order valence-electron chi connectivity index (χ1n) is 4.97. The Labute approximate surface area is 101 Å². The molecule has 0 aliphatic heterocycles. The highest BCUT2D eigenvalue weighted by Gasteiger charge is 2.29. The van der Waals surface area contributed by atoms with Crippen molar-refractivity contribution in [1.29, 1.82) is 0 Å². The fraction of sp³-hybridized carbons (Fsp3) is 0.0909. The Morgan fingerprint density at radius 3 is 2.17 bits per heavy atom. The molecule has 0 aliphatic carbocycles. The normalized spacial score (nSPS) is 11.3. The van der Waals surface area contributed by atoms with Crippen LogP contribution < -0.4 is 11.1 Å². The number of nitrogens with zero attached hydrogens (tertiary/aromatic N) is 2. The van der Waals surface area contributed by atoms with E-state index in [-0.39, 0.29) is 5.82 Å². The molecule has 0 radical (unpaired) electrons. The Kier molecular flexibility index (Phi) is 3.05. The van der Waals surface area contributed by atoms with Gasteiger partial charge in [-0.15, -0.1) is 0 Å². The molecule has 2 rings (SSSR count). The Balaban J connectivity index is 2.19. The average molecular weight is 254 g/mol. The summed E-state index contributed by atoms with van der Waals surface area (Å²) in [6.45, 7) is 0. The number of anilines is 3. The van der Waals surface area contributed by atoms with Crippen LogP contribution in [-0.2, 0) is 6.18 Å². The van der Waals surface area contributed by atoms with Gasteiger partial charge < -0.3 is 11.1 Å². The number of hydrogen-bond acceptors (Lipinski definition) is 4. The van der Waals surface area contributed by atoms with Crippen molar-refractivity contribution in [2.24, 2.45) is 0 Å². The van der Waals surface area contributed by atoms with Crippen LogP contribution in [-0.4, -0.2) is 9.97 Å². The number of rotatable bonds is 2. The summed E-state index contributed by atoms with van der Waals surface area (Å²) >= 11 is 0. The number of hydrogen-bond donors (Lipinski definition) is 2. The van der Waals surface area contributed by atoms with Gasteiger partial charge in [0.25, 0.3) is 0 Å². The summed E-state index contributed by atoms with van der Waals surface area (Å²) in [6, 6.07) is 4.57. The van der Waals surface area contributed by atoms with E-state index in [4.69, 9.17) is 5.73 Å². The molecule has 0 spiro atoms. The standard InChI is InChI=1S/C11H9F3N4/c12-11(13,14)7-1-3-8(4-2-7)18-10-9(15)16-5-6-17-10/h1-6H,(H2,15,16)(H,17,18). The molecule has 0 atom stereocenters. The van der Waals surface area contributed by atoms with Gasteiger partial charge in [0, 0.05) is 18.1 Å². The minimum absolute atomic E-state index is 0.178. The van der Waals surface area contributed by atoms with E-state index in [1.54, 1.807) is 0 Å². The quantitative estimate of drug-likeness (QED) is 0.864. The molecular weight excluding hydrogens is 245 g/mol. The SMILES string of the molecule is Nc1nccnc1Nc1ccc(C(F)(F)F)cc1. The van der Waals surface area contributed by atoms with E-state index in [1.165, 1.54) is 24.5 Å². The maximum absolute atomic E-state index is 12.3. The summed E-state index contributed by atoms with van der Waals surface area (Å²) in [4.78, 5) is 7.73. The van der Waals surface area contributed by atoms with Crippen molar-refractivity contribution in [3.63, 3.8) is 0 Å². The minimum atomic E-state index is -4.34. The summed E-state index contributed by atoms with van der Waals surface area (Å²) in [5.41, 5.74) is 5.30. The van der Waals surface area contributed by atoms with E-state index in [0.717, 1.165) is 12.1 Å². The molecule has 1 aromatic heterocycles. The largest absolute Gasteiger partial charge is 0.416 e. The molecule has 2 aromatic rings. The molecule has 1 heterocycles. The van der Waals surface area contributed by atoms with Gasteiger partial charge in [0.15, 0.2) is 11.6 Å². The van der Waals surface area contributed by atoms with Gasteiger partial charge in [-0.2, -0.15) is 13.2 Å². The van der Waals surface area contributed by atoms with E-state index < -0.39 is 11.7 Å². The van der Waals surface area contributed by atoms with E-state index in [2.05, 4.69) is 15.3 Å². The van der Waals surface area contributed by atoms with Gasteiger partial charge >= 0.3 is 6.18 Å². The Bertz CT molecular complexity index is 537. The van der Waals surface area contributed by atoms with E-state index >= 15 is 0 Å². The smallest absolute Gasteiger partial charge is 0.381 e. The van der Waals surface area contributed by atoms with Gasteiger partial charge in [0.1, 0.15) is 0 Å². The molecule has 0 fully saturated rings. The maximum Gasteiger partial charge on any atom is 0.416 e. The fourth-order valence-corrected chi connectivity index (χ4v) is 1.32. The summed E-state index contributed by atoms with van der Waals surface area (Å²) in [6.07, 6.45) is -1.49. The van der Waals surface area contributed by atoms with Crippen molar-refractivity contribution in [3.8, 4) is 0 Å². The monoisotopic (exact) mass is 254 g/mol. The molecule has 1 aromatic carbocycles. The molecule has 0 bridgehead atoms. The van der Waals surface area contributed by atoms with Gasteiger partial charge in [-0.25, -0.2) is 9.97 Å². The average Bonchev–Trinajstić information content (AvgIpc) is 2.32. The number of nitrogens with one attached hydrogen (secondary N) is 1. The van der Waals surface area contributed by atoms with Crippen molar-refractivity contribution in [1.82, 2.24) is 9.97 Å². The second-order valence-electron chi connectivity index (χ2n) is 3.49. The lowest BCUT2D eigenvalue weighted by Gasteiger charge is -2.09. The van der Waals surface area contributed by atoms with Crippen molar-refractivity contribution in [3.05, 3.63) is 42.2 Å². The highest BCUT2D eigenvalue weighted by Crippen LogP contribution is 2.30. The van der Waals surface area contributed by atoms with Crippen LogP contribution in [0.4, 0.5) is 30.5 Å². The van der Waals surface area contributed by atoms with E-state index in [0.29, 0.717) is 11.5 Å². The molecule has 94 valence electrons. The lowest BCUT2D eigenvalue weighted by Crippen LogP contribution is -2.05. The molecular formula is C11H9F3N4. The third kappa shape index (κ3) is 2.68. The van der Waals surface area contributed by atoms with Crippen LogP contribution in [0.5, 0.6) is 0 Å². The van der Waals surface area contributed by atoms with Gasteiger partial charge in [-0.1, -0.05) is 0 Å². The maximum atomic E-state index is 12.3.